The molecule has 0 aromatic heterocycles. The van der Waals surface area contributed by atoms with E-state index in [2.05, 4.69) is 5.32 Å². The first-order chi connectivity index (χ1) is 10.9. The summed E-state index contributed by atoms with van der Waals surface area (Å²) in [5, 5.41) is 25.4. The molecule has 2 N–H and O–H groups in total. The average Bonchev–Trinajstić information content (AvgIpc) is 2.55. The predicted molar refractivity (Wildman–Crippen MR) is 91.2 cm³/mol. The number of likely N-dealkylation sites (N-methyl/N-ethyl adjacent to an activating group) is 1. The van der Waals surface area contributed by atoms with E-state index in [0.29, 0.717) is 22.2 Å². The predicted octanol–water partition coefficient (Wildman–Crippen LogP) is 3.94. The lowest BCUT2D eigenvalue weighted by atomic mass is 9.89. The molecule has 5 nitrogen and oxygen atoms in total. The number of aliphatic hydroxyl groups is 1. The van der Waals surface area contributed by atoms with Crippen molar-refractivity contribution in [1.29, 1.82) is 0 Å². The SMILES string of the molecule is CNC[C@H](c1ccc(Cl)c(Cl)c1)[C@H](O)c1cccc([N+](=O)[O-])c1. The third-order valence-electron chi connectivity index (χ3n) is 3.60. The normalized spacial score (nSPS) is 13.6. The molecule has 0 unspecified atom stereocenters. The Hall–Kier alpha value is -1.66. The number of nitrogens with one attached hydrogen (secondary N) is 1. The van der Waals surface area contributed by atoms with Gasteiger partial charge in [0.05, 0.1) is 21.1 Å². The van der Waals surface area contributed by atoms with Crippen molar-refractivity contribution in [1.82, 2.24) is 5.32 Å². The first-order valence-electron chi connectivity index (χ1n) is 6.96. The first kappa shape index (κ1) is 17.7. The fraction of sp³-hybridized carbons (Fsp3) is 0.250. The number of non-ortho nitro benzene ring substituents is 1. The van der Waals surface area contributed by atoms with Gasteiger partial charge in [0.1, 0.15) is 0 Å². The first-order valence-corrected chi connectivity index (χ1v) is 7.71. The third kappa shape index (κ3) is 4.20. The molecule has 0 saturated heterocycles. The van der Waals surface area contributed by atoms with Gasteiger partial charge in [0.2, 0.25) is 0 Å². The van der Waals surface area contributed by atoms with Crippen molar-refractivity contribution in [3.63, 3.8) is 0 Å². The van der Waals surface area contributed by atoms with Crippen LogP contribution in [-0.4, -0.2) is 23.6 Å². The van der Waals surface area contributed by atoms with Crippen LogP contribution in [0, 0.1) is 10.1 Å². The minimum absolute atomic E-state index is 0.0566. The maximum absolute atomic E-state index is 10.9. The molecular weight excluding hydrogens is 339 g/mol. The molecular formula is C16H16Cl2N2O3. The molecule has 2 atom stereocenters. The molecule has 0 amide bonds. The zero-order valence-corrected chi connectivity index (χ0v) is 13.9. The van der Waals surface area contributed by atoms with Gasteiger partial charge in [0.25, 0.3) is 5.69 Å². The van der Waals surface area contributed by atoms with Gasteiger partial charge in [0.15, 0.2) is 0 Å². The molecule has 0 saturated carbocycles. The van der Waals surface area contributed by atoms with Crippen molar-refractivity contribution in [3.05, 3.63) is 73.8 Å². The van der Waals surface area contributed by atoms with E-state index in [0.717, 1.165) is 5.56 Å². The molecule has 122 valence electrons. The lowest BCUT2D eigenvalue weighted by Crippen LogP contribution is -2.23. The summed E-state index contributed by atoms with van der Waals surface area (Å²) >= 11 is 12.0. The van der Waals surface area contributed by atoms with Crippen molar-refractivity contribution in [2.24, 2.45) is 0 Å². The Morgan fingerprint density at radius 3 is 2.52 bits per heavy atom. The van der Waals surface area contributed by atoms with Gasteiger partial charge in [0, 0.05) is 24.6 Å². The molecule has 0 heterocycles. The van der Waals surface area contributed by atoms with Crippen molar-refractivity contribution >= 4 is 28.9 Å². The summed E-state index contributed by atoms with van der Waals surface area (Å²) in [6.07, 6.45) is -0.917. The van der Waals surface area contributed by atoms with E-state index in [1.807, 2.05) is 0 Å². The molecule has 23 heavy (non-hydrogen) atoms. The van der Waals surface area contributed by atoms with Crippen LogP contribution in [0.15, 0.2) is 42.5 Å². The van der Waals surface area contributed by atoms with E-state index in [9.17, 15) is 15.2 Å². The van der Waals surface area contributed by atoms with Gasteiger partial charge in [-0.1, -0.05) is 41.4 Å². The summed E-state index contributed by atoms with van der Waals surface area (Å²) in [5.41, 5.74) is 1.22. The number of benzene rings is 2. The van der Waals surface area contributed by atoms with Crippen LogP contribution in [0.3, 0.4) is 0 Å². The summed E-state index contributed by atoms with van der Waals surface area (Å²) in [6, 6.07) is 11.2. The highest BCUT2D eigenvalue weighted by atomic mass is 35.5. The monoisotopic (exact) mass is 354 g/mol. The summed E-state index contributed by atoms with van der Waals surface area (Å²) in [4.78, 5) is 10.4. The number of hydrogen-bond donors (Lipinski definition) is 2. The molecule has 2 rings (SSSR count). The summed E-state index contributed by atoms with van der Waals surface area (Å²) in [6.45, 7) is 0.474. The molecule has 0 fully saturated rings. The molecule has 0 aliphatic rings. The lowest BCUT2D eigenvalue weighted by molar-refractivity contribution is -0.385. The quantitative estimate of drug-likeness (QED) is 0.608. The molecule has 0 spiro atoms. The Morgan fingerprint density at radius 2 is 1.91 bits per heavy atom. The largest absolute Gasteiger partial charge is 0.388 e. The van der Waals surface area contributed by atoms with Gasteiger partial charge in [-0.2, -0.15) is 0 Å². The van der Waals surface area contributed by atoms with Crippen LogP contribution < -0.4 is 5.32 Å². The van der Waals surface area contributed by atoms with E-state index in [-0.39, 0.29) is 11.6 Å². The number of halogens is 2. The van der Waals surface area contributed by atoms with E-state index >= 15 is 0 Å². The number of nitro benzene ring substituents is 1. The topological polar surface area (TPSA) is 75.4 Å². The van der Waals surface area contributed by atoms with Gasteiger partial charge < -0.3 is 10.4 Å². The Bertz CT molecular complexity index is 709. The maximum atomic E-state index is 10.9. The summed E-state index contributed by atoms with van der Waals surface area (Å²) < 4.78 is 0. The minimum Gasteiger partial charge on any atom is -0.388 e. The number of nitrogens with zero attached hydrogens (tertiary/aromatic N) is 1. The molecule has 0 bridgehead atoms. The van der Waals surface area contributed by atoms with Crippen molar-refractivity contribution < 1.29 is 10.0 Å². The summed E-state index contributed by atoms with van der Waals surface area (Å²) in [5.74, 6) is -0.322. The number of rotatable bonds is 6. The highest BCUT2D eigenvalue weighted by Crippen LogP contribution is 2.34. The fourth-order valence-corrected chi connectivity index (χ4v) is 2.74. The Labute approximate surface area is 144 Å². The smallest absolute Gasteiger partial charge is 0.269 e. The Balaban J connectivity index is 2.38. The van der Waals surface area contributed by atoms with Crippen LogP contribution in [0.25, 0.3) is 0 Å². The van der Waals surface area contributed by atoms with Gasteiger partial charge in [-0.3, -0.25) is 10.1 Å². The second-order valence-corrected chi connectivity index (χ2v) is 5.95. The second kappa shape index (κ2) is 7.75. The lowest BCUT2D eigenvalue weighted by Gasteiger charge is -2.24. The van der Waals surface area contributed by atoms with Gasteiger partial charge >= 0.3 is 0 Å². The van der Waals surface area contributed by atoms with Crippen molar-refractivity contribution in [3.8, 4) is 0 Å². The highest BCUT2D eigenvalue weighted by molar-refractivity contribution is 6.42. The molecule has 0 aliphatic carbocycles. The standard InChI is InChI=1S/C16H16Cl2N2O3/c1-19-9-13(10-5-6-14(17)15(18)8-10)16(21)11-3-2-4-12(7-11)20(22)23/h2-8,13,16,19,21H,9H2,1H3/t13-,16-/m1/s1. The zero-order chi connectivity index (χ0) is 17.0. The number of aliphatic hydroxyl groups excluding tert-OH is 1. The molecule has 2 aromatic rings. The van der Waals surface area contributed by atoms with Crippen LogP contribution in [0.5, 0.6) is 0 Å². The number of hydrogen-bond acceptors (Lipinski definition) is 4. The zero-order valence-electron chi connectivity index (χ0n) is 12.4. The van der Waals surface area contributed by atoms with E-state index in [1.54, 1.807) is 37.4 Å². The van der Waals surface area contributed by atoms with Crippen LogP contribution in [-0.2, 0) is 0 Å². The maximum Gasteiger partial charge on any atom is 0.269 e. The average molecular weight is 355 g/mol. The van der Waals surface area contributed by atoms with Crippen LogP contribution in [0.2, 0.25) is 10.0 Å². The van der Waals surface area contributed by atoms with E-state index in [4.69, 9.17) is 23.2 Å². The van der Waals surface area contributed by atoms with E-state index < -0.39 is 11.0 Å². The third-order valence-corrected chi connectivity index (χ3v) is 4.34. The molecule has 7 heteroatoms. The molecule has 0 radical (unpaired) electrons. The van der Waals surface area contributed by atoms with Gasteiger partial charge in [-0.05, 0) is 30.3 Å². The summed E-state index contributed by atoms with van der Waals surface area (Å²) in [7, 11) is 1.77. The number of nitro groups is 1. The fourth-order valence-electron chi connectivity index (χ4n) is 2.43. The minimum atomic E-state index is -0.917. The second-order valence-electron chi connectivity index (χ2n) is 5.13. The van der Waals surface area contributed by atoms with E-state index in [1.165, 1.54) is 12.1 Å². The van der Waals surface area contributed by atoms with Crippen LogP contribution in [0.4, 0.5) is 5.69 Å². The molecule has 0 aliphatic heterocycles. The van der Waals surface area contributed by atoms with Crippen LogP contribution >= 0.6 is 23.2 Å². The highest BCUT2D eigenvalue weighted by Gasteiger charge is 2.24. The van der Waals surface area contributed by atoms with Gasteiger partial charge in [-0.15, -0.1) is 0 Å². The van der Waals surface area contributed by atoms with Crippen molar-refractivity contribution in [2.45, 2.75) is 12.0 Å². The molecule has 2 aromatic carbocycles. The van der Waals surface area contributed by atoms with Crippen molar-refractivity contribution in [2.75, 3.05) is 13.6 Å². The van der Waals surface area contributed by atoms with Gasteiger partial charge in [-0.25, -0.2) is 0 Å². The Morgan fingerprint density at radius 1 is 1.17 bits per heavy atom. The van der Waals surface area contributed by atoms with Crippen LogP contribution in [0.1, 0.15) is 23.1 Å². The Kier molecular flexibility index (Phi) is 5.96.